The van der Waals surface area contributed by atoms with Gasteiger partial charge in [0.05, 0.1) is 0 Å². The average Bonchev–Trinajstić information content (AvgIpc) is 3.12. The molecular weight excluding hydrogens is 262 g/mol. The van der Waals surface area contributed by atoms with E-state index in [4.69, 9.17) is 0 Å². The third-order valence-electron chi connectivity index (χ3n) is 5.57. The van der Waals surface area contributed by atoms with Crippen LogP contribution >= 0.6 is 11.3 Å². The van der Waals surface area contributed by atoms with Gasteiger partial charge in [-0.05, 0) is 54.9 Å². The highest BCUT2D eigenvalue weighted by Crippen LogP contribution is 2.39. The molecule has 2 aliphatic rings. The second-order valence-electron chi connectivity index (χ2n) is 7.21. The summed E-state index contributed by atoms with van der Waals surface area (Å²) in [5.74, 6) is 2.62. The maximum atomic E-state index is 4.09. The van der Waals surface area contributed by atoms with Crippen LogP contribution in [0.15, 0.2) is 17.5 Å². The molecule has 3 rings (SSSR count). The molecule has 2 heteroatoms. The van der Waals surface area contributed by atoms with Gasteiger partial charge in [-0.1, -0.05) is 39.2 Å². The van der Waals surface area contributed by atoms with Crippen molar-refractivity contribution < 1.29 is 0 Å². The minimum absolute atomic E-state index is 0.621. The first-order chi connectivity index (χ1) is 9.74. The van der Waals surface area contributed by atoms with Crippen molar-refractivity contribution in [1.82, 2.24) is 5.32 Å². The second kappa shape index (κ2) is 6.62. The largest absolute Gasteiger partial charge is 0.306 e. The zero-order valence-corrected chi connectivity index (χ0v) is 13.8. The Balaban J connectivity index is 1.72. The summed E-state index contributed by atoms with van der Waals surface area (Å²) in [4.78, 5) is 1.57. The zero-order chi connectivity index (χ0) is 13.9. The topological polar surface area (TPSA) is 12.0 Å². The van der Waals surface area contributed by atoms with Gasteiger partial charge in [0.15, 0.2) is 0 Å². The van der Waals surface area contributed by atoms with Crippen molar-refractivity contribution in [1.29, 1.82) is 0 Å². The fourth-order valence-electron chi connectivity index (χ4n) is 4.20. The summed E-state index contributed by atoms with van der Waals surface area (Å²) in [7, 11) is 0. The third kappa shape index (κ3) is 3.28. The quantitative estimate of drug-likeness (QED) is 0.784. The van der Waals surface area contributed by atoms with Gasteiger partial charge >= 0.3 is 0 Å². The van der Waals surface area contributed by atoms with E-state index in [-0.39, 0.29) is 0 Å². The highest BCUT2D eigenvalue weighted by Gasteiger charge is 2.32. The molecule has 0 spiro atoms. The number of nitrogens with one attached hydrogen (secondary N) is 1. The highest BCUT2D eigenvalue weighted by molar-refractivity contribution is 7.10. The molecule has 2 saturated carbocycles. The summed E-state index contributed by atoms with van der Waals surface area (Å²) in [6.45, 7) is 4.87. The SMILES string of the molecule is CC1CCC(C)C(NC(c2cccs2)C2CCCC2)C1. The van der Waals surface area contributed by atoms with Crippen LogP contribution in [0.4, 0.5) is 0 Å². The summed E-state index contributed by atoms with van der Waals surface area (Å²) in [5, 5.41) is 6.33. The zero-order valence-electron chi connectivity index (χ0n) is 13.0. The molecule has 20 heavy (non-hydrogen) atoms. The minimum atomic E-state index is 0.621. The molecule has 0 saturated heterocycles. The van der Waals surface area contributed by atoms with E-state index < -0.39 is 0 Å². The lowest BCUT2D eigenvalue weighted by molar-refractivity contribution is 0.195. The van der Waals surface area contributed by atoms with Gasteiger partial charge in [0.1, 0.15) is 0 Å². The van der Waals surface area contributed by atoms with Crippen LogP contribution in [-0.4, -0.2) is 6.04 Å². The molecule has 2 fully saturated rings. The van der Waals surface area contributed by atoms with Crippen molar-refractivity contribution in [3.05, 3.63) is 22.4 Å². The summed E-state index contributed by atoms with van der Waals surface area (Å²) >= 11 is 1.95. The van der Waals surface area contributed by atoms with Gasteiger partial charge in [0.2, 0.25) is 0 Å². The second-order valence-corrected chi connectivity index (χ2v) is 8.19. The minimum Gasteiger partial charge on any atom is -0.306 e. The Morgan fingerprint density at radius 1 is 1.15 bits per heavy atom. The predicted molar refractivity (Wildman–Crippen MR) is 88.1 cm³/mol. The molecular formula is C18H29NS. The Kier molecular flexibility index (Phi) is 4.83. The van der Waals surface area contributed by atoms with E-state index in [0.717, 1.165) is 23.8 Å². The monoisotopic (exact) mass is 291 g/mol. The summed E-state index contributed by atoms with van der Waals surface area (Å²) in [6, 6.07) is 5.91. The fraction of sp³-hybridized carbons (Fsp3) is 0.778. The molecule has 0 amide bonds. The first-order valence-corrected chi connectivity index (χ1v) is 9.41. The van der Waals surface area contributed by atoms with Crippen LogP contribution in [0.2, 0.25) is 0 Å². The van der Waals surface area contributed by atoms with Crippen molar-refractivity contribution in [2.24, 2.45) is 17.8 Å². The van der Waals surface area contributed by atoms with Crippen LogP contribution in [0.3, 0.4) is 0 Å². The molecule has 1 heterocycles. The van der Waals surface area contributed by atoms with E-state index in [1.54, 1.807) is 4.88 Å². The van der Waals surface area contributed by atoms with Crippen LogP contribution in [-0.2, 0) is 0 Å². The molecule has 1 nitrogen and oxygen atoms in total. The molecule has 0 radical (unpaired) electrons. The maximum absolute atomic E-state index is 4.09. The van der Waals surface area contributed by atoms with Gasteiger partial charge < -0.3 is 5.32 Å². The van der Waals surface area contributed by atoms with Crippen LogP contribution in [0.5, 0.6) is 0 Å². The molecule has 1 aromatic rings. The van der Waals surface area contributed by atoms with Gasteiger partial charge in [-0.2, -0.15) is 0 Å². The van der Waals surface area contributed by atoms with Gasteiger partial charge in [-0.15, -0.1) is 11.3 Å². The molecule has 1 N–H and O–H groups in total. The molecule has 112 valence electrons. The lowest BCUT2D eigenvalue weighted by atomic mass is 9.79. The van der Waals surface area contributed by atoms with E-state index in [2.05, 4.69) is 36.7 Å². The molecule has 0 bridgehead atoms. The number of hydrogen-bond acceptors (Lipinski definition) is 2. The molecule has 1 aromatic heterocycles. The average molecular weight is 292 g/mol. The molecule has 4 unspecified atom stereocenters. The Morgan fingerprint density at radius 3 is 2.65 bits per heavy atom. The Labute approximate surface area is 128 Å². The van der Waals surface area contributed by atoms with Gasteiger partial charge in [-0.3, -0.25) is 0 Å². The van der Waals surface area contributed by atoms with Gasteiger partial charge in [-0.25, -0.2) is 0 Å². The van der Waals surface area contributed by atoms with E-state index in [9.17, 15) is 0 Å². The van der Waals surface area contributed by atoms with Crippen molar-refractivity contribution in [3.63, 3.8) is 0 Å². The first kappa shape index (κ1) is 14.6. The fourth-order valence-corrected chi connectivity index (χ4v) is 5.08. The lowest BCUT2D eigenvalue weighted by Gasteiger charge is -2.37. The Morgan fingerprint density at radius 2 is 1.95 bits per heavy atom. The van der Waals surface area contributed by atoms with Crippen molar-refractivity contribution >= 4 is 11.3 Å². The Bertz CT molecular complexity index is 394. The van der Waals surface area contributed by atoms with Gasteiger partial charge in [0, 0.05) is 17.0 Å². The van der Waals surface area contributed by atoms with Crippen LogP contribution in [0.25, 0.3) is 0 Å². The van der Waals surface area contributed by atoms with E-state index >= 15 is 0 Å². The molecule has 2 aliphatic carbocycles. The van der Waals surface area contributed by atoms with Crippen LogP contribution < -0.4 is 5.32 Å². The van der Waals surface area contributed by atoms with Crippen LogP contribution in [0.1, 0.15) is 69.7 Å². The van der Waals surface area contributed by atoms with E-state index in [1.807, 2.05) is 11.3 Å². The summed E-state index contributed by atoms with van der Waals surface area (Å²) in [6.07, 6.45) is 9.91. The normalized spacial score (nSPS) is 33.4. The predicted octanol–water partition coefficient (Wildman–Crippen LogP) is 5.39. The summed E-state index contributed by atoms with van der Waals surface area (Å²) < 4.78 is 0. The van der Waals surface area contributed by atoms with Crippen molar-refractivity contribution in [2.45, 2.75) is 70.9 Å². The molecule has 4 atom stereocenters. The summed E-state index contributed by atoms with van der Waals surface area (Å²) in [5.41, 5.74) is 0. The van der Waals surface area contributed by atoms with Crippen molar-refractivity contribution in [2.75, 3.05) is 0 Å². The van der Waals surface area contributed by atoms with E-state index in [0.29, 0.717) is 6.04 Å². The Hall–Kier alpha value is -0.340. The van der Waals surface area contributed by atoms with Crippen LogP contribution in [0, 0.1) is 17.8 Å². The van der Waals surface area contributed by atoms with E-state index in [1.165, 1.54) is 44.9 Å². The van der Waals surface area contributed by atoms with Gasteiger partial charge in [0.25, 0.3) is 0 Å². The third-order valence-corrected chi connectivity index (χ3v) is 6.53. The smallest absolute Gasteiger partial charge is 0.0445 e. The standard InChI is InChI=1S/C18H29NS/c1-13-9-10-14(2)16(12-13)19-18(15-6-3-4-7-15)17-8-5-11-20-17/h5,8,11,13-16,18-19H,3-4,6-7,9-10,12H2,1-2H3. The molecule has 0 aliphatic heterocycles. The maximum Gasteiger partial charge on any atom is 0.0445 e. The lowest BCUT2D eigenvalue weighted by Crippen LogP contribution is -2.43. The first-order valence-electron chi connectivity index (χ1n) is 8.53. The number of hydrogen-bond donors (Lipinski definition) is 1. The number of thiophene rings is 1. The highest BCUT2D eigenvalue weighted by atomic mass is 32.1. The van der Waals surface area contributed by atoms with Crippen molar-refractivity contribution in [3.8, 4) is 0 Å². The number of rotatable bonds is 4. The molecule has 0 aromatic carbocycles.